The maximum absolute atomic E-state index is 13.5. The smallest absolute Gasteiger partial charge is 0.290 e. The summed E-state index contributed by atoms with van der Waals surface area (Å²) in [7, 11) is 0. The van der Waals surface area contributed by atoms with Gasteiger partial charge in [-0.1, -0.05) is 35.3 Å². The molecule has 1 atom stereocenters. The van der Waals surface area contributed by atoms with E-state index in [1.165, 1.54) is 4.90 Å². The van der Waals surface area contributed by atoms with E-state index in [1.54, 1.807) is 35.2 Å². The van der Waals surface area contributed by atoms with Crippen LogP contribution in [0.25, 0.3) is 11.0 Å². The van der Waals surface area contributed by atoms with E-state index < -0.39 is 6.04 Å². The molecule has 0 fully saturated rings. The van der Waals surface area contributed by atoms with Gasteiger partial charge >= 0.3 is 0 Å². The van der Waals surface area contributed by atoms with Crippen molar-refractivity contribution >= 4 is 40.1 Å². The minimum Gasteiger partial charge on any atom is -0.450 e. The fourth-order valence-corrected chi connectivity index (χ4v) is 4.62. The van der Waals surface area contributed by atoms with E-state index in [2.05, 4.69) is 13.8 Å². The van der Waals surface area contributed by atoms with E-state index in [4.69, 9.17) is 27.6 Å². The highest BCUT2D eigenvalue weighted by molar-refractivity contribution is 6.31. The lowest BCUT2D eigenvalue weighted by Crippen LogP contribution is -3.11. The van der Waals surface area contributed by atoms with Crippen molar-refractivity contribution in [3.05, 3.63) is 79.6 Å². The molecule has 1 aliphatic rings. The Morgan fingerprint density at radius 2 is 1.68 bits per heavy atom. The fourth-order valence-electron chi connectivity index (χ4n) is 4.32. The third kappa shape index (κ3) is 4.10. The number of nitrogens with zero attached hydrogens (tertiary/aromatic N) is 1. The average molecular weight is 460 g/mol. The van der Waals surface area contributed by atoms with Gasteiger partial charge < -0.3 is 14.2 Å². The standard InChI is InChI=1S/C24H24Cl2N2O3/c1-3-27(4-2)12-5-13-28-21(15-6-8-16(25)9-7-15)20-22(29)18-14-17(26)10-11-19(18)31-23(20)24(28)30/h6-11,14,21H,3-5,12-13H2,1-2H3/p+1/t21-/m1/s1. The highest BCUT2D eigenvalue weighted by Gasteiger charge is 2.42. The Hall–Kier alpha value is -2.34. The van der Waals surface area contributed by atoms with Gasteiger partial charge in [0.05, 0.1) is 36.6 Å². The summed E-state index contributed by atoms with van der Waals surface area (Å²) in [6, 6.07) is 11.6. The lowest BCUT2D eigenvalue weighted by atomic mass is 9.98. The molecule has 5 nitrogen and oxygen atoms in total. The maximum Gasteiger partial charge on any atom is 0.290 e. The first kappa shape index (κ1) is 21.9. The Morgan fingerprint density at radius 1 is 1.00 bits per heavy atom. The van der Waals surface area contributed by atoms with Crippen LogP contribution in [0.5, 0.6) is 0 Å². The third-order valence-corrected chi connectivity index (χ3v) is 6.53. The topological polar surface area (TPSA) is 55.0 Å². The fraction of sp³-hybridized carbons (Fsp3) is 0.333. The van der Waals surface area contributed by atoms with E-state index in [0.717, 1.165) is 31.6 Å². The molecule has 1 amide bonds. The Kier molecular flexibility index (Phi) is 6.37. The molecule has 0 saturated heterocycles. The summed E-state index contributed by atoms with van der Waals surface area (Å²) in [6.45, 7) is 7.89. The van der Waals surface area contributed by atoms with Crippen molar-refractivity contribution in [1.82, 2.24) is 4.90 Å². The van der Waals surface area contributed by atoms with Crippen molar-refractivity contribution in [1.29, 1.82) is 0 Å². The molecule has 0 bridgehead atoms. The van der Waals surface area contributed by atoms with Crippen LogP contribution in [-0.4, -0.2) is 37.0 Å². The molecule has 1 N–H and O–H groups in total. The van der Waals surface area contributed by atoms with E-state index in [-0.39, 0.29) is 17.1 Å². The van der Waals surface area contributed by atoms with Crippen LogP contribution >= 0.6 is 23.2 Å². The monoisotopic (exact) mass is 459 g/mol. The molecule has 0 saturated carbocycles. The Labute approximate surface area is 191 Å². The van der Waals surface area contributed by atoms with Crippen molar-refractivity contribution in [3.8, 4) is 0 Å². The number of carbonyl (C=O) groups is 1. The van der Waals surface area contributed by atoms with Crippen LogP contribution in [0.3, 0.4) is 0 Å². The lowest BCUT2D eigenvalue weighted by molar-refractivity contribution is -0.896. The molecular weight excluding hydrogens is 435 g/mol. The van der Waals surface area contributed by atoms with Gasteiger partial charge in [0.2, 0.25) is 5.76 Å². The maximum atomic E-state index is 13.5. The predicted molar refractivity (Wildman–Crippen MR) is 123 cm³/mol. The van der Waals surface area contributed by atoms with E-state index in [1.807, 2.05) is 12.1 Å². The molecule has 1 aliphatic heterocycles. The number of rotatable bonds is 7. The van der Waals surface area contributed by atoms with Gasteiger partial charge in [0.1, 0.15) is 5.58 Å². The molecule has 1 aromatic heterocycles. The average Bonchev–Trinajstić information content (AvgIpc) is 3.04. The number of amides is 1. The first-order valence-electron chi connectivity index (χ1n) is 10.6. The second-order valence-corrected chi connectivity index (χ2v) is 8.70. The number of benzene rings is 2. The number of fused-ring (bicyclic) bond motifs is 2. The lowest BCUT2D eigenvalue weighted by Gasteiger charge is -2.26. The Morgan fingerprint density at radius 3 is 2.35 bits per heavy atom. The summed E-state index contributed by atoms with van der Waals surface area (Å²) >= 11 is 12.2. The first-order chi connectivity index (χ1) is 14.9. The zero-order valence-electron chi connectivity index (χ0n) is 17.6. The summed E-state index contributed by atoms with van der Waals surface area (Å²) in [4.78, 5) is 30.0. The molecule has 2 aromatic carbocycles. The van der Waals surface area contributed by atoms with Crippen LogP contribution < -0.4 is 10.3 Å². The van der Waals surface area contributed by atoms with E-state index in [0.29, 0.717) is 33.1 Å². The summed E-state index contributed by atoms with van der Waals surface area (Å²) in [6.07, 6.45) is 0.834. The molecule has 0 aliphatic carbocycles. The number of carbonyl (C=O) groups excluding carboxylic acids is 1. The number of hydrogen-bond donors (Lipinski definition) is 1. The van der Waals surface area contributed by atoms with Crippen LogP contribution in [0.4, 0.5) is 0 Å². The molecule has 0 radical (unpaired) electrons. The van der Waals surface area contributed by atoms with Crippen LogP contribution in [0.2, 0.25) is 10.0 Å². The van der Waals surface area contributed by atoms with Gasteiger partial charge in [-0.15, -0.1) is 0 Å². The van der Waals surface area contributed by atoms with Crippen molar-refractivity contribution in [2.45, 2.75) is 26.3 Å². The van der Waals surface area contributed by atoms with Gasteiger partial charge in [0, 0.05) is 23.0 Å². The number of nitrogens with one attached hydrogen (secondary N) is 1. The second-order valence-electron chi connectivity index (χ2n) is 7.83. The summed E-state index contributed by atoms with van der Waals surface area (Å²) in [5.74, 6) is -0.131. The van der Waals surface area contributed by atoms with Gasteiger partial charge in [0.15, 0.2) is 5.43 Å². The zero-order valence-corrected chi connectivity index (χ0v) is 19.1. The van der Waals surface area contributed by atoms with Crippen molar-refractivity contribution in [2.75, 3.05) is 26.2 Å². The summed E-state index contributed by atoms with van der Waals surface area (Å²) < 4.78 is 5.95. The van der Waals surface area contributed by atoms with Gasteiger partial charge in [-0.3, -0.25) is 9.59 Å². The Bertz CT molecular complexity index is 1170. The second kappa shape index (κ2) is 9.03. The molecule has 162 valence electrons. The van der Waals surface area contributed by atoms with Crippen LogP contribution in [-0.2, 0) is 0 Å². The first-order valence-corrected chi connectivity index (χ1v) is 11.4. The third-order valence-electron chi connectivity index (χ3n) is 6.04. The number of halogens is 2. The van der Waals surface area contributed by atoms with Gasteiger partial charge in [-0.25, -0.2) is 0 Å². The molecule has 4 rings (SSSR count). The number of hydrogen-bond acceptors (Lipinski definition) is 3. The summed E-state index contributed by atoms with van der Waals surface area (Å²) in [5.41, 5.74) is 1.35. The zero-order chi connectivity index (χ0) is 22.1. The van der Waals surface area contributed by atoms with Crippen LogP contribution in [0.1, 0.15) is 48.0 Å². The molecular formula is C24H25Cl2N2O3+. The minimum absolute atomic E-state index is 0.120. The molecule has 3 aromatic rings. The minimum atomic E-state index is -0.508. The van der Waals surface area contributed by atoms with Crippen molar-refractivity contribution < 1.29 is 14.1 Å². The number of quaternary nitrogens is 1. The van der Waals surface area contributed by atoms with Crippen LogP contribution in [0, 0.1) is 0 Å². The Balaban J connectivity index is 1.80. The van der Waals surface area contributed by atoms with E-state index in [9.17, 15) is 9.59 Å². The summed E-state index contributed by atoms with van der Waals surface area (Å²) in [5, 5.41) is 1.43. The van der Waals surface area contributed by atoms with Gasteiger partial charge in [0.25, 0.3) is 5.91 Å². The predicted octanol–water partition coefficient (Wildman–Crippen LogP) is 3.96. The van der Waals surface area contributed by atoms with Crippen molar-refractivity contribution in [2.24, 2.45) is 0 Å². The van der Waals surface area contributed by atoms with Crippen LogP contribution in [0.15, 0.2) is 51.7 Å². The molecule has 2 heterocycles. The molecule has 0 spiro atoms. The molecule has 0 unspecified atom stereocenters. The SMILES string of the molecule is CC[NH+](CC)CCCN1C(=O)c2oc3ccc(Cl)cc3c(=O)c2[C@H]1c1ccc(Cl)cc1. The highest BCUT2D eigenvalue weighted by Crippen LogP contribution is 2.38. The van der Waals surface area contributed by atoms with E-state index >= 15 is 0 Å². The largest absolute Gasteiger partial charge is 0.450 e. The van der Waals surface area contributed by atoms with Gasteiger partial charge in [-0.05, 0) is 49.7 Å². The quantitative estimate of drug-likeness (QED) is 0.581. The molecule has 7 heteroatoms. The van der Waals surface area contributed by atoms with Gasteiger partial charge in [-0.2, -0.15) is 0 Å². The highest BCUT2D eigenvalue weighted by atomic mass is 35.5. The molecule has 31 heavy (non-hydrogen) atoms. The normalized spacial score (nSPS) is 15.8. The van der Waals surface area contributed by atoms with Crippen molar-refractivity contribution in [3.63, 3.8) is 0 Å².